The summed E-state index contributed by atoms with van der Waals surface area (Å²) in [5, 5.41) is -0.347. The van der Waals surface area contributed by atoms with Crippen LogP contribution < -0.4 is 31.4 Å². The third kappa shape index (κ3) is 16.1. The van der Waals surface area contributed by atoms with E-state index in [0.29, 0.717) is 50.7 Å². The van der Waals surface area contributed by atoms with Crippen molar-refractivity contribution in [3.05, 3.63) is 210 Å². The van der Waals surface area contributed by atoms with Crippen LogP contribution in [0.1, 0.15) is 131 Å². The predicted octanol–water partition coefficient (Wildman–Crippen LogP) is 20.3. The SMILES string of the molecule is CC(C)Oc1c(C(C)c2nc(Cl)c3c(N)nccn23)cc(Cl)c(F)c1-c1ccc(C(F)(F)F)nc1.CC(C)Oc1c([C@@H](C)c2nc(Cl)c3c(N)nccn23)cc(Cl)c(F)c1-c1ccc(C(F)(F)F)nc1.CC(C)Oc1c([C@H](C)c2nc(Cl)c3c(N)nccn23)cc(Cl)c(F)c1-c1ccc(C(F)(F)F)nc1. The molecule has 0 saturated carbocycles. The van der Waals surface area contributed by atoms with Gasteiger partial charge in [0.2, 0.25) is 0 Å². The summed E-state index contributed by atoms with van der Waals surface area (Å²) in [7, 11) is 0. The van der Waals surface area contributed by atoms with Crippen LogP contribution in [0.3, 0.4) is 0 Å². The van der Waals surface area contributed by atoms with E-state index in [0.717, 1.165) is 55.0 Å². The van der Waals surface area contributed by atoms with Gasteiger partial charge in [-0.25, -0.2) is 43.1 Å². The molecule has 552 valence electrons. The number of nitrogen functional groups attached to an aromatic ring is 3. The smallest absolute Gasteiger partial charge is 0.433 e. The summed E-state index contributed by atoms with van der Waals surface area (Å²) in [5.41, 5.74) is 17.0. The standard InChI is InChI=1S/3C23H19Cl2F4N5O/c3*1-10(2)35-19-13(11(3)22-33-20(25)18-21(30)31-6-7-34(18)22)8-14(24)17(26)16(19)12-4-5-15(32-9-12)23(27,28)29/h3*4-11H,1-3H3,(H2,30,31)/t2*11-;/m10./s1. The fourth-order valence-electron chi connectivity index (χ4n) is 11.3. The van der Waals surface area contributed by atoms with Gasteiger partial charge in [-0.2, -0.15) is 39.5 Å². The lowest BCUT2D eigenvalue weighted by molar-refractivity contribution is -0.141. The molecule has 0 spiro atoms. The van der Waals surface area contributed by atoms with Crippen LogP contribution >= 0.6 is 69.6 Å². The second kappa shape index (κ2) is 30.6. The Morgan fingerprint density at radius 2 is 0.610 bits per heavy atom. The van der Waals surface area contributed by atoms with Gasteiger partial charge in [0.15, 0.2) is 50.4 Å². The number of nitrogens with zero attached hydrogens (tertiary/aromatic N) is 12. The maximum atomic E-state index is 15.4. The summed E-state index contributed by atoms with van der Waals surface area (Å²) in [5.74, 6) is -2.01. The molecule has 0 aliphatic carbocycles. The van der Waals surface area contributed by atoms with Crippen LogP contribution in [0.15, 0.2) is 110 Å². The summed E-state index contributed by atoms with van der Waals surface area (Å²) >= 11 is 37.7. The zero-order valence-electron chi connectivity index (χ0n) is 56.0. The molecule has 3 atom stereocenters. The second-order valence-electron chi connectivity index (χ2n) is 24.2. The number of benzene rings is 3. The van der Waals surface area contributed by atoms with E-state index in [1.807, 2.05) is 0 Å². The normalized spacial score (nSPS) is 13.0. The van der Waals surface area contributed by atoms with E-state index in [-0.39, 0.29) is 98.6 Å². The van der Waals surface area contributed by atoms with Gasteiger partial charge in [0.05, 0.1) is 50.1 Å². The second-order valence-corrected chi connectivity index (χ2v) is 26.5. The van der Waals surface area contributed by atoms with Crippen LogP contribution in [0.4, 0.5) is 70.1 Å². The molecule has 0 saturated heterocycles. The van der Waals surface area contributed by atoms with Gasteiger partial charge in [0.25, 0.3) is 0 Å². The molecule has 0 amide bonds. The summed E-state index contributed by atoms with van der Waals surface area (Å²) in [6.07, 6.45) is -2.96. The molecule has 12 aromatic rings. The molecule has 0 aliphatic rings. The fourth-order valence-corrected chi connectivity index (χ4v) is 12.8. The van der Waals surface area contributed by atoms with Crippen molar-refractivity contribution < 1.29 is 66.9 Å². The Balaban J connectivity index is 0.000000169. The molecule has 0 aliphatic heterocycles. The van der Waals surface area contributed by atoms with Crippen LogP contribution in [-0.4, -0.2) is 76.4 Å². The minimum absolute atomic E-state index is 0.0709. The average Bonchev–Trinajstić information content (AvgIpc) is 1.73. The van der Waals surface area contributed by atoms with E-state index in [1.54, 1.807) is 94.1 Å². The lowest BCUT2D eigenvalue weighted by atomic mass is 9.93. The van der Waals surface area contributed by atoms with E-state index in [9.17, 15) is 39.5 Å². The summed E-state index contributed by atoms with van der Waals surface area (Å²) in [4.78, 5) is 35.7. The average molecular weight is 1590 g/mol. The molecule has 0 bridgehead atoms. The molecule has 9 aromatic heterocycles. The molecule has 9 heterocycles. The van der Waals surface area contributed by atoms with Crippen LogP contribution in [0, 0.1) is 17.5 Å². The molecule has 3 aromatic carbocycles. The Bertz CT molecular complexity index is 4720. The summed E-state index contributed by atoms with van der Waals surface area (Å²) in [6.45, 7) is 15.8. The Morgan fingerprint density at radius 1 is 0.371 bits per heavy atom. The number of alkyl halides is 9. The van der Waals surface area contributed by atoms with Gasteiger partial charge in [-0.1, -0.05) is 109 Å². The van der Waals surface area contributed by atoms with Gasteiger partial charge in [-0.15, -0.1) is 0 Å². The first kappa shape index (κ1) is 78.3. The van der Waals surface area contributed by atoms with Gasteiger partial charge in [-0.05, 0) is 77.9 Å². The molecule has 105 heavy (non-hydrogen) atoms. The van der Waals surface area contributed by atoms with E-state index >= 15 is 13.2 Å². The first-order valence-corrected chi connectivity index (χ1v) is 33.5. The van der Waals surface area contributed by atoms with Gasteiger partial charge < -0.3 is 31.4 Å². The number of fused-ring (bicyclic) bond motifs is 3. The number of hydrogen-bond acceptors (Lipinski definition) is 15. The topological polar surface area (TPSA) is 235 Å². The zero-order valence-corrected chi connectivity index (χ0v) is 60.5. The highest BCUT2D eigenvalue weighted by Crippen LogP contribution is 2.49. The minimum Gasteiger partial charge on any atom is -0.490 e. The first-order chi connectivity index (χ1) is 49.2. The number of halogens is 18. The molecular formula is C69H57Cl6F12N15O3. The number of hydrogen-bond donors (Lipinski definition) is 3. The number of anilines is 3. The zero-order chi connectivity index (χ0) is 77.0. The number of rotatable bonds is 15. The van der Waals surface area contributed by atoms with Crippen molar-refractivity contribution in [1.29, 1.82) is 0 Å². The quantitative estimate of drug-likeness (QED) is 0.0810. The predicted molar refractivity (Wildman–Crippen MR) is 376 cm³/mol. The molecule has 0 fully saturated rings. The van der Waals surface area contributed by atoms with Crippen molar-refractivity contribution in [1.82, 2.24) is 58.1 Å². The summed E-state index contributed by atoms with van der Waals surface area (Å²) in [6, 6.07) is 9.90. The van der Waals surface area contributed by atoms with E-state index in [4.69, 9.17) is 101 Å². The summed E-state index contributed by atoms with van der Waals surface area (Å²) < 4.78 is 186. The van der Waals surface area contributed by atoms with Crippen LogP contribution in [0.2, 0.25) is 30.5 Å². The number of ether oxygens (including phenoxy) is 3. The van der Waals surface area contributed by atoms with Crippen molar-refractivity contribution >= 4 is 104 Å². The lowest BCUT2D eigenvalue weighted by Crippen LogP contribution is -2.13. The third-order valence-electron chi connectivity index (χ3n) is 16.0. The maximum Gasteiger partial charge on any atom is 0.433 e. The Kier molecular flexibility index (Phi) is 22.8. The Hall–Kier alpha value is -9.33. The molecule has 18 nitrogen and oxygen atoms in total. The van der Waals surface area contributed by atoms with Crippen LogP contribution in [0.5, 0.6) is 17.2 Å². The highest BCUT2D eigenvalue weighted by molar-refractivity contribution is 6.34. The van der Waals surface area contributed by atoms with Crippen LogP contribution in [-0.2, 0) is 18.5 Å². The number of nitrogens with two attached hydrogens (primary N) is 3. The lowest BCUT2D eigenvalue weighted by Gasteiger charge is -2.23. The molecule has 36 heteroatoms. The molecule has 12 rings (SSSR count). The van der Waals surface area contributed by atoms with Crippen molar-refractivity contribution in [2.24, 2.45) is 0 Å². The Morgan fingerprint density at radius 3 is 0.810 bits per heavy atom. The van der Waals surface area contributed by atoms with E-state index in [1.165, 1.54) is 36.8 Å². The van der Waals surface area contributed by atoms with Gasteiger partial charge in [0.1, 0.15) is 68.4 Å². The molecule has 6 N–H and O–H groups in total. The first-order valence-electron chi connectivity index (χ1n) is 31.2. The molecular weight excluding hydrogens is 1530 g/mol. The largest absolute Gasteiger partial charge is 0.490 e. The number of imidazole rings is 3. The van der Waals surface area contributed by atoms with Crippen LogP contribution in [0.25, 0.3) is 49.9 Å². The fraction of sp³-hybridized carbons (Fsp3) is 0.261. The van der Waals surface area contributed by atoms with Gasteiger partial charge in [-0.3, -0.25) is 28.2 Å². The molecule has 1 unspecified atom stereocenters. The van der Waals surface area contributed by atoms with Crippen molar-refractivity contribution in [3.63, 3.8) is 0 Å². The maximum absolute atomic E-state index is 15.4. The Labute approximate surface area is 619 Å². The van der Waals surface area contributed by atoms with Crippen molar-refractivity contribution in [3.8, 4) is 50.6 Å². The van der Waals surface area contributed by atoms with E-state index in [2.05, 4.69) is 44.9 Å². The van der Waals surface area contributed by atoms with Crippen molar-refractivity contribution in [2.75, 3.05) is 17.2 Å². The van der Waals surface area contributed by atoms with Crippen molar-refractivity contribution in [2.45, 2.75) is 117 Å². The highest BCUT2D eigenvalue weighted by atomic mass is 35.5. The monoisotopic (exact) mass is 1580 g/mol. The van der Waals surface area contributed by atoms with E-state index < -0.39 is 89.1 Å². The van der Waals surface area contributed by atoms with Gasteiger partial charge >= 0.3 is 18.5 Å². The minimum atomic E-state index is -4.64. The van der Waals surface area contributed by atoms with Gasteiger partial charge in [0, 0.05) is 107 Å². The third-order valence-corrected chi connectivity index (χ3v) is 17.6. The molecule has 0 radical (unpaired) electrons. The number of pyridine rings is 3. The number of aromatic nitrogens is 12. The highest BCUT2D eigenvalue weighted by Gasteiger charge is 2.37.